The summed E-state index contributed by atoms with van der Waals surface area (Å²) in [5.41, 5.74) is 0.674. The van der Waals surface area contributed by atoms with Gasteiger partial charge in [0, 0.05) is 9.81 Å². The summed E-state index contributed by atoms with van der Waals surface area (Å²) in [6, 6.07) is -0.0904. The van der Waals surface area contributed by atoms with E-state index in [4.69, 9.17) is 4.74 Å². The predicted octanol–water partition coefficient (Wildman–Crippen LogP) is 3.96. The van der Waals surface area contributed by atoms with Crippen molar-refractivity contribution in [1.82, 2.24) is 5.32 Å². The molecule has 3 nitrogen and oxygen atoms in total. The van der Waals surface area contributed by atoms with Gasteiger partial charge in [-0.25, -0.2) is 4.79 Å². The second-order valence-electron chi connectivity index (χ2n) is 4.63. The first-order valence-corrected chi connectivity index (χ1v) is 6.99. The minimum atomic E-state index is -0.468. The molecule has 5 heteroatoms. The summed E-state index contributed by atoms with van der Waals surface area (Å²) in [5.74, 6) is 0. The van der Waals surface area contributed by atoms with Crippen molar-refractivity contribution in [2.75, 3.05) is 5.33 Å². The summed E-state index contributed by atoms with van der Waals surface area (Å²) < 4.78 is 6.13. The lowest BCUT2D eigenvalue weighted by molar-refractivity contribution is 0.0517. The normalized spacial score (nSPS) is 15.2. The Bertz CT molecular complexity index is 282. The standard InChI is InChI=1S/C11H19Br2NO2/c1-7(6-12)9(13)8(2)14-10(15)16-11(3,4)5/h8H,6H2,1-5H3,(H,14,15)/b9-7-. The Morgan fingerprint density at radius 2 is 1.94 bits per heavy atom. The molecule has 0 bridgehead atoms. The average molecular weight is 357 g/mol. The van der Waals surface area contributed by atoms with Gasteiger partial charge in [0.2, 0.25) is 0 Å². The van der Waals surface area contributed by atoms with Crippen LogP contribution in [0.25, 0.3) is 0 Å². The molecule has 1 unspecified atom stereocenters. The van der Waals surface area contributed by atoms with Crippen molar-refractivity contribution in [2.24, 2.45) is 0 Å². The molecule has 0 saturated carbocycles. The number of allylic oxidation sites excluding steroid dienone is 1. The van der Waals surface area contributed by atoms with Crippen molar-refractivity contribution < 1.29 is 9.53 Å². The number of carbonyl (C=O) groups excluding carboxylic acids is 1. The van der Waals surface area contributed by atoms with Crippen molar-refractivity contribution in [3.63, 3.8) is 0 Å². The first kappa shape index (κ1) is 16.0. The number of amides is 1. The molecule has 1 amide bonds. The van der Waals surface area contributed by atoms with Crippen molar-refractivity contribution in [2.45, 2.75) is 46.3 Å². The van der Waals surface area contributed by atoms with Gasteiger partial charge >= 0.3 is 6.09 Å². The summed E-state index contributed by atoms with van der Waals surface area (Å²) in [7, 11) is 0. The average Bonchev–Trinajstić information content (AvgIpc) is 2.12. The van der Waals surface area contributed by atoms with Crippen LogP contribution in [0.5, 0.6) is 0 Å². The van der Waals surface area contributed by atoms with E-state index < -0.39 is 11.7 Å². The molecule has 94 valence electrons. The molecule has 0 radical (unpaired) electrons. The Labute approximate surface area is 114 Å². The van der Waals surface area contributed by atoms with E-state index in [1.54, 1.807) is 0 Å². The van der Waals surface area contributed by atoms with Crippen molar-refractivity contribution in [1.29, 1.82) is 0 Å². The van der Waals surface area contributed by atoms with Crippen LogP contribution < -0.4 is 5.32 Å². The summed E-state index contributed by atoms with van der Waals surface area (Å²) >= 11 is 6.82. The van der Waals surface area contributed by atoms with Gasteiger partial charge in [0.15, 0.2) is 0 Å². The number of nitrogens with one attached hydrogen (secondary N) is 1. The van der Waals surface area contributed by atoms with E-state index in [1.807, 2.05) is 34.6 Å². The minimum absolute atomic E-state index is 0.0904. The highest BCUT2D eigenvalue weighted by Crippen LogP contribution is 2.18. The molecule has 0 aliphatic rings. The van der Waals surface area contributed by atoms with Crippen LogP contribution in [0.3, 0.4) is 0 Å². The van der Waals surface area contributed by atoms with Gasteiger partial charge in [0.25, 0.3) is 0 Å². The second kappa shape index (κ2) is 6.64. The fourth-order valence-electron chi connectivity index (χ4n) is 0.981. The van der Waals surface area contributed by atoms with E-state index in [0.29, 0.717) is 0 Å². The maximum atomic E-state index is 11.5. The molecule has 0 aromatic rings. The van der Waals surface area contributed by atoms with Crippen LogP contribution in [0.4, 0.5) is 4.79 Å². The number of alkyl halides is 1. The van der Waals surface area contributed by atoms with Crippen LogP contribution in [-0.4, -0.2) is 23.1 Å². The predicted molar refractivity (Wildman–Crippen MR) is 74.3 cm³/mol. The van der Waals surface area contributed by atoms with E-state index in [-0.39, 0.29) is 6.04 Å². The highest BCUT2D eigenvalue weighted by Gasteiger charge is 2.19. The summed E-state index contributed by atoms with van der Waals surface area (Å²) in [6.07, 6.45) is -0.403. The lowest BCUT2D eigenvalue weighted by Crippen LogP contribution is -2.38. The monoisotopic (exact) mass is 355 g/mol. The fourth-order valence-corrected chi connectivity index (χ4v) is 1.91. The summed E-state index contributed by atoms with van der Waals surface area (Å²) in [4.78, 5) is 11.5. The van der Waals surface area contributed by atoms with Gasteiger partial charge in [-0.2, -0.15) is 0 Å². The van der Waals surface area contributed by atoms with Gasteiger partial charge in [0.05, 0.1) is 6.04 Å². The lowest BCUT2D eigenvalue weighted by Gasteiger charge is -2.22. The molecule has 0 fully saturated rings. The van der Waals surface area contributed by atoms with E-state index in [2.05, 4.69) is 37.2 Å². The SMILES string of the molecule is C/C(CBr)=C(/Br)C(C)NC(=O)OC(C)(C)C. The smallest absolute Gasteiger partial charge is 0.408 e. The topological polar surface area (TPSA) is 38.3 Å². The first-order chi connectivity index (χ1) is 7.17. The van der Waals surface area contributed by atoms with E-state index in [9.17, 15) is 4.79 Å². The molecule has 0 saturated heterocycles. The zero-order chi connectivity index (χ0) is 12.9. The molecule has 1 atom stereocenters. The Kier molecular flexibility index (Phi) is 6.63. The largest absolute Gasteiger partial charge is 0.444 e. The second-order valence-corrected chi connectivity index (χ2v) is 6.04. The Morgan fingerprint density at radius 3 is 2.31 bits per heavy atom. The van der Waals surface area contributed by atoms with Crippen LogP contribution in [0.2, 0.25) is 0 Å². The number of halogens is 2. The van der Waals surface area contributed by atoms with Crippen molar-refractivity contribution in [3.05, 3.63) is 10.1 Å². The Hall–Kier alpha value is -0.0300. The maximum absolute atomic E-state index is 11.5. The number of ether oxygens (including phenoxy) is 1. The molecule has 0 heterocycles. The quantitative estimate of drug-likeness (QED) is 0.777. The number of hydrogen-bond acceptors (Lipinski definition) is 2. The molecular weight excluding hydrogens is 338 g/mol. The van der Waals surface area contributed by atoms with Crippen LogP contribution in [0.15, 0.2) is 10.1 Å². The maximum Gasteiger partial charge on any atom is 0.408 e. The Balaban J connectivity index is 4.36. The number of alkyl carbamates (subject to hydrolysis) is 1. The lowest BCUT2D eigenvalue weighted by atomic mass is 10.2. The third-order valence-electron chi connectivity index (χ3n) is 1.72. The highest BCUT2D eigenvalue weighted by atomic mass is 79.9. The Morgan fingerprint density at radius 1 is 1.44 bits per heavy atom. The minimum Gasteiger partial charge on any atom is -0.444 e. The molecule has 16 heavy (non-hydrogen) atoms. The third-order valence-corrected chi connectivity index (χ3v) is 3.93. The summed E-state index contributed by atoms with van der Waals surface area (Å²) in [5, 5.41) is 3.54. The van der Waals surface area contributed by atoms with Gasteiger partial charge in [-0.15, -0.1) is 0 Å². The third kappa shape index (κ3) is 6.53. The van der Waals surface area contributed by atoms with Crippen LogP contribution in [0.1, 0.15) is 34.6 Å². The van der Waals surface area contributed by atoms with Crippen LogP contribution in [-0.2, 0) is 4.74 Å². The summed E-state index contributed by atoms with van der Waals surface area (Å²) in [6.45, 7) is 9.41. The number of carbonyl (C=O) groups is 1. The molecule has 0 aliphatic heterocycles. The zero-order valence-corrected chi connectivity index (χ0v) is 13.5. The van der Waals surface area contributed by atoms with Crippen molar-refractivity contribution >= 4 is 38.0 Å². The molecule has 1 N–H and O–H groups in total. The van der Waals surface area contributed by atoms with Gasteiger partial charge in [-0.1, -0.05) is 37.4 Å². The van der Waals surface area contributed by atoms with Gasteiger partial charge in [-0.3, -0.25) is 0 Å². The van der Waals surface area contributed by atoms with Gasteiger partial charge in [0.1, 0.15) is 5.60 Å². The van der Waals surface area contributed by atoms with Crippen LogP contribution in [0, 0.1) is 0 Å². The molecule has 0 aromatic heterocycles. The van der Waals surface area contributed by atoms with Crippen LogP contribution >= 0.6 is 31.9 Å². The zero-order valence-electron chi connectivity index (χ0n) is 10.4. The van der Waals surface area contributed by atoms with E-state index >= 15 is 0 Å². The fraction of sp³-hybridized carbons (Fsp3) is 0.727. The van der Waals surface area contributed by atoms with Crippen molar-refractivity contribution in [3.8, 4) is 0 Å². The first-order valence-electron chi connectivity index (χ1n) is 5.08. The number of rotatable bonds is 3. The molecule has 0 spiro atoms. The number of hydrogen-bond donors (Lipinski definition) is 1. The molecular formula is C11H19Br2NO2. The molecule has 0 aliphatic carbocycles. The van der Waals surface area contributed by atoms with Gasteiger partial charge in [-0.05, 0) is 34.6 Å². The van der Waals surface area contributed by atoms with E-state index in [1.165, 1.54) is 0 Å². The highest BCUT2D eigenvalue weighted by molar-refractivity contribution is 9.12. The van der Waals surface area contributed by atoms with Gasteiger partial charge < -0.3 is 10.1 Å². The molecule has 0 rings (SSSR count). The molecule has 0 aromatic carbocycles. The van der Waals surface area contributed by atoms with E-state index in [0.717, 1.165) is 15.4 Å².